The number of nitrogens with one attached hydrogen (secondary N) is 2. The van der Waals surface area contributed by atoms with Crippen molar-refractivity contribution in [3.05, 3.63) is 83.4 Å². The largest absolute Gasteiger partial charge is 0.508 e. The van der Waals surface area contributed by atoms with Gasteiger partial charge in [-0.2, -0.15) is 13.2 Å². The monoisotopic (exact) mass is 464 g/mol. The van der Waals surface area contributed by atoms with Gasteiger partial charge in [0, 0.05) is 11.4 Å². The molecule has 0 saturated carbocycles. The van der Waals surface area contributed by atoms with Gasteiger partial charge in [-0.25, -0.2) is 13.2 Å². The number of aromatic hydroxyl groups is 1. The number of alkyl halides is 3. The van der Waals surface area contributed by atoms with Gasteiger partial charge in [0.25, 0.3) is 0 Å². The second-order valence-electron chi connectivity index (χ2n) is 7.06. The summed E-state index contributed by atoms with van der Waals surface area (Å²) in [5, 5.41) is 14.4. The number of phenols is 1. The van der Waals surface area contributed by atoms with Crippen molar-refractivity contribution in [3.8, 4) is 5.75 Å². The normalized spacial score (nSPS) is 11.8. The Bertz CT molecular complexity index is 1240. The minimum Gasteiger partial charge on any atom is -0.508 e. The van der Waals surface area contributed by atoms with E-state index in [1.54, 1.807) is 13.0 Å². The molecule has 3 rings (SSSR count). The highest BCUT2D eigenvalue weighted by atomic mass is 32.2. The number of phenolic OH excluding ortho intramolecular Hbond substituents is 1. The summed E-state index contributed by atoms with van der Waals surface area (Å²) in [4.78, 5) is 12.2. The van der Waals surface area contributed by atoms with E-state index in [2.05, 4.69) is 10.6 Å². The minimum atomic E-state index is -4.48. The van der Waals surface area contributed by atoms with Gasteiger partial charge in [0.1, 0.15) is 5.75 Å². The molecule has 2 amide bonds. The number of urea groups is 1. The van der Waals surface area contributed by atoms with Crippen LogP contribution in [-0.2, 0) is 21.8 Å². The number of amides is 2. The summed E-state index contributed by atoms with van der Waals surface area (Å²) in [5.41, 5.74) is 0.360. The van der Waals surface area contributed by atoms with Gasteiger partial charge in [0.15, 0.2) is 9.84 Å². The molecule has 10 heteroatoms. The molecule has 0 aromatic heterocycles. The fourth-order valence-electron chi connectivity index (χ4n) is 2.99. The Morgan fingerprint density at radius 3 is 2.19 bits per heavy atom. The van der Waals surface area contributed by atoms with Gasteiger partial charge in [-0.1, -0.05) is 18.2 Å². The molecule has 0 aliphatic rings. The van der Waals surface area contributed by atoms with Crippen molar-refractivity contribution in [2.75, 3.05) is 10.6 Å². The highest BCUT2D eigenvalue weighted by Gasteiger charge is 2.30. The number of halogens is 3. The van der Waals surface area contributed by atoms with E-state index in [4.69, 9.17) is 0 Å². The first-order chi connectivity index (χ1) is 14.9. The van der Waals surface area contributed by atoms with E-state index < -0.39 is 27.6 Å². The maximum absolute atomic E-state index is 12.9. The fraction of sp³-hybridized carbons (Fsp3) is 0.136. The molecule has 0 radical (unpaired) electrons. The van der Waals surface area contributed by atoms with Crippen molar-refractivity contribution in [1.82, 2.24) is 0 Å². The van der Waals surface area contributed by atoms with Crippen molar-refractivity contribution < 1.29 is 31.5 Å². The van der Waals surface area contributed by atoms with Gasteiger partial charge < -0.3 is 15.7 Å². The van der Waals surface area contributed by atoms with E-state index in [0.29, 0.717) is 11.1 Å². The summed E-state index contributed by atoms with van der Waals surface area (Å²) in [5.74, 6) is -0.395. The summed E-state index contributed by atoms with van der Waals surface area (Å²) in [6.07, 6.45) is -4.48. The lowest BCUT2D eigenvalue weighted by Crippen LogP contribution is -2.20. The second kappa shape index (κ2) is 8.91. The lowest BCUT2D eigenvalue weighted by molar-refractivity contribution is -0.137. The molecule has 0 atom stereocenters. The zero-order valence-electron chi connectivity index (χ0n) is 16.8. The number of aryl methyl sites for hydroxylation is 1. The molecule has 3 aromatic carbocycles. The van der Waals surface area contributed by atoms with Crippen LogP contribution in [0.5, 0.6) is 5.75 Å². The third kappa shape index (κ3) is 5.79. The lowest BCUT2D eigenvalue weighted by Gasteiger charge is -2.13. The van der Waals surface area contributed by atoms with Crippen LogP contribution < -0.4 is 10.6 Å². The summed E-state index contributed by atoms with van der Waals surface area (Å²) < 4.78 is 63.6. The number of hydrogen-bond acceptors (Lipinski definition) is 4. The van der Waals surface area contributed by atoms with Crippen LogP contribution in [0.4, 0.5) is 29.3 Å². The van der Waals surface area contributed by atoms with Gasteiger partial charge in [-0.3, -0.25) is 0 Å². The van der Waals surface area contributed by atoms with E-state index in [0.717, 1.165) is 24.3 Å². The number of hydrogen-bond donors (Lipinski definition) is 3. The molecule has 0 aliphatic heterocycles. The topological polar surface area (TPSA) is 95.5 Å². The van der Waals surface area contributed by atoms with Crippen molar-refractivity contribution in [2.45, 2.75) is 23.7 Å². The summed E-state index contributed by atoms with van der Waals surface area (Å²) in [6, 6.07) is 13.4. The molecule has 3 N–H and O–H groups in total. The zero-order chi connectivity index (χ0) is 23.5. The summed E-state index contributed by atoms with van der Waals surface area (Å²) in [7, 11) is -3.79. The van der Waals surface area contributed by atoms with Crippen LogP contribution in [0.15, 0.2) is 71.6 Å². The van der Waals surface area contributed by atoms with E-state index in [-0.39, 0.29) is 27.8 Å². The molecule has 0 saturated heterocycles. The average molecular weight is 464 g/mol. The van der Waals surface area contributed by atoms with E-state index in [1.165, 1.54) is 36.4 Å². The highest BCUT2D eigenvalue weighted by Crippen LogP contribution is 2.30. The smallest absolute Gasteiger partial charge is 0.416 e. The van der Waals surface area contributed by atoms with Crippen LogP contribution in [0.1, 0.15) is 16.7 Å². The number of carbonyl (C=O) groups is 1. The number of rotatable bonds is 5. The van der Waals surface area contributed by atoms with E-state index >= 15 is 0 Å². The van der Waals surface area contributed by atoms with Crippen LogP contribution in [0.2, 0.25) is 0 Å². The van der Waals surface area contributed by atoms with Crippen LogP contribution in [0, 0.1) is 6.92 Å². The molecule has 6 nitrogen and oxygen atoms in total. The standard InChI is InChI=1S/C22H19F3N2O4S/c1-14-5-8-18(12-20(14)32(30,31)13-15-3-2-4-19(28)11-15)27-21(29)26-17-9-6-16(7-10-17)22(23,24)25/h2-12,28H,13H2,1H3,(H2,26,27,29). The fourth-order valence-corrected chi connectivity index (χ4v) is 4.63. The quantitative estimate of drug-likeness (QED) is 0.475. The SMILES string of the molecule is Cc1ccc(NC(=O)Nc2ccc(C(F)(F)F)cc2)cc1S(=O)(=O)Cc1cccc(O)c1. The third-order valence-corrected chi connectivity index (χ3v) is 6.34. The molecule has 0 fully saturated rings. The van der Waals surface area contributed by atoms with Gasteiger partial charge in [-0.05, 0) is 66.6 Å². The predicted octanol–water partition coefficient (Wildman–Crippen LogP) is 5.34. The molecule has 32 heavy (non-hydrogen) atoms. The van der Waals surface area contributed by atoms with Crippen molar-refractivity contribution in [2.24, 2.45) is 0 Å². The van der Waals surface area contributed by atoms with Gasteiger partial charge in [0.05, 0.1) is 16.2 Å². The first-order valence-electron chi connectivity index (χ1n) is 9.31. The maximum atomic E-state index is 12.9. The number of anilines is 2. The minimum absolute atomic E-state index is 0.00757. The molecule has 168 valence electrons. The predicted molar refractivity (Wildman–Crippen MR) is 114 cm³/mol. The second-order valence-corrected chi connectivity index (χ2v) is 9.02. The van der Waals surface area contributed by atoms with Crippen LogP contribution >= 0.6 is 0 Å². The summed E-state index contributed by atoms with van der Waals surface area (Å²) in [6.45, 7) is 1.61. The zero-order valence-corrected chi connectivity index (χ0v) is 17.6. The van der Waals surface area contributed by atoms with Crippen LogP contribution in [0.25, 0.3) is 0 Å². The Hall–Kier alpha value is -3.53. The van der Waals surface area contributed by atoms with E-state index in [9.17, 15) is 31.5 Å². The number of carbonyl (C=O) groups excluding carboxylic acids is 1. The molecular formula is C22H19F3N2O4S. The Kier molecular flexibility index (Phi) is 6.45. The molecule has 0 spiro atoms. The molecule has 0 heterocycles. The first kappa shape index (κ1) is 23.1. The molecule has 3 aromatic rings. The van der Waals surface area contributed by atoms with Gasteiger partial charge in [0.2, 0.25) is 0 Å². The molecule has 0 bridgehead atoms. The molecule has 0 unspecified atom stereocenters. The number of benzene rings is 3. The maximum Gasteiger partial charge on any atom is 0.416 e. The van der Waals surface area contributed by atoms with E-state index in [1.807, 2.05) is 0 Å². The van der Waals surface area contributed by atoms with Crippen molar-refractivity contribution >= 4 is 27.2 Å². The van der Waals surface area contributed by atoms with Crippen LogP contribution in [-0.4, -0.2) is 19.6 Å². The Labute approximate surface area is 182 Å². The Balaban J connectivity index is 1.74. The molecular weight excluding hydrogens is 445 g/mol. The molecule has 0 aliphatic carbocycles. The number of sulfone groups is 1. The first-order valence-corrected chi connectivity index (χ1v) is 11.0. The highest BCUT2D eigenvalue weighted by molar-refractivity contribution is 7.90. The lowest BCUT2D eigenvalue weighted by atomic mass is 10.2. The van der Waals surface area contributed by atoms with Gasteiger partial charge >= 0.3 is 12.2 Å². The Morgan fingerprint density at radius 1 is 0.938 bits per heavy atom. The van der Waals surface area contributed by atoms with Crippen molar-refractivity contribution in [3.63, 3.8) is 0 Å². The third-order valence-electron chi connectivity index (χ3n) is 4.52. The van der Waals surface area contributed by atoms with Crippen molar-refractivity contribution in [1.29, 1.82) is 0 Å². The van der Waals surface area contributed by atoms with Crippen LogP contribution in [0.3, 0.4) is 0 Å². The summed E-state index contributed by atoms with van der Waals surface area (Å²) >= 11 is 0. The Morgan fingerprint density at radius 2 is 1.56 bits per heavy atom. The van der Waals surface area contributed by atoms with Gasteiger partial charge in [-0.15, -0.1) is 0 Å². The average Bonchev–Trinajstić information content (AvgIpc) is 2.68.